The van der Waals surface area contributed by atoms with Crippen molar-refractivity contribution < 1.29 is 14.0 Å². The minimum atomic E-state index is -0.595. The van der Waals surface area contributed by atoms with Gasteiger partial charge in [-0.2, -0.15) is 0 Å². The van der Waals surface area contributed by atoms with E-state index in [1.807, 2.05) is 45.0 Å². The third-order valence-electron chi connectivity index (χ3n) is 5.08. The number of amides is 2. The molecule has 2 aromatic rings. The second-order valence-electron chi connectivity index (χ2n) is 7.59. The Bertz CT molecular complexity index is 841. The molecular weight excluding hydrogens is 399 g/mol. The Balaban J connectivity index is 2.08. The first-order valence-corrected chi connectivity index (χ1v) is 11.4. The third-order valence-corrected chi connectivity index (χ3v) is 6.05. The first kappa shape index (κ1) is 23.9. The standard InChI is InChI=1S/C24H31FN2O2S/c1-5-18(3)26-24(29)19(4)27(14-20-12-10-17(2)11-13-20)23(28)16-30-15-21-8-6-7-9-22(21)25/h6-13,18-19H,5,14-16H2,1-4H3,(H,26,29)/t18-,19+/m0/s1. The minimum absolute atomic E-state index is 0.0479. The summed E-state index contributed by atoms with van der Waals surface area (Å²) in [4.78, 5) is 27.3. The van der Waals surface area contributed by atoms with Gasteiger partial charge in [-0.1, -0.05) is 55.0 Å². The van der Waals surface area contributed by atoms with Crippen molar-refractivity contribution in [3.8, 4) is 0 Å². The molecule has 2 rings (SSSR count). The zero-order valence-corrected chi connectivity index (χ0v) is 19.0. The summed E-state index contributed by atoms with van der Waals surface area (Å²) in [6, 6.07) is 14.0. The van der Waals surface area contributed by atoms with Crippen LogP contribution >= 0.6 is 11.8 Å². The van der Waals surface area contributed by atoms with Gasteiger partial charge in [-0.15, -0.1) is 11.8 Å². The number of aryl methyl sites for hydroxylation is 1. The molecule has 0 spiro atoms. The number of nitrogens with zero attached hydrogens (tertiary/aromatic N) is 1. The summed E-state index contributed by atoms with van der Waals surface area (Å²) in [6.45, 7) is 8.07. The van der Waals surface area contributed by atoms with Gasteiger partial charge in [0.1, 0.15) is 11.9 Å². The van der Waals surface area contributed by atoms with Gasteiger partial charge in [0.15, 0.2) is 0 Å². The number of benzene rings is 2. The molecule has 162 valence electrons. The summed E-state index contributed by atoms with van der Waals surface area (Å²) in [5, 5.41) is 2.96. The molecule has 0 saturated heterocycles. The number of hydrogen-bond acceptors (Lipinski definition) is 3. The third kappa shape index (κ3) is 7.17. The summed E-state index contributed by atoms with van der Waals surface area (Å²) < 4.78 is 13.8. The maximum Gasteiger partial charge on any atom is 0.242 e. The van der Waals surface area contributed by atoms with Gasteiger partial charge in [0, 0.05) is 18.3 Å². The molecule has 6 heteroatoms. The zero-order valence-electron chi connectivity index (χ0n) is 18.2. The molecule has 2 atom stereocenters. The monoisotopic (exact) mass is 430 g/mol. The van der Waals surface area contributed by atoms with Crippen LogP contribution in [0.15, 0.2) is 48.5 Å². The first-order valence-electron chi connectivity index (χ1n) is 10.3. The van der Waals surface area contributed by atoms with Crippen LogP contribution in [0.2, 0.25) is 0 Å². The van der Waals surface area contributed by atoms with E-state index >= 15 is 0 Å². The van der Waals surface area contributed by atoms with E-state index in [9.17, 15) is 14.0 Å². The second-order valence-corrected chi connectivity index (χ2v) is 8.57. The molecule has 0 aliphatic heterocycles. The normalized spacial score (nSPS) is 12.8. The number of rotatable bonds is 10. The molecular formula is C24H31FN2O2S. The Kier molecular flexibility index (Phi) is 9.37. The predicted molar refractivity (Wildman–Crippen MR) is 122 cm³/mol. The van der Waals surface area contributed by atoms with Crippen molar-refractivity contribution in [2.75, 3.05) is 5.75 Å². The van der Waals surface area contributed by atoms with Crippen LogP contribution < -0.4 is 5.32 Å². The molecule has 2 amide bonds. The van der Waals surface area contributed by atoms with Crippen LogP contribution in [0.25, 0.3) is 0 Å². The fourth-order valence-corrected chi connectivity index (χ4v) is 3.78. The molecule has 0 unspecified atom stereocenters. The molecule has 0 aliphatic carbocycles. The summed E-state index contributed by atoms with van der Waals surface area (Å²) in [6.07, 6.45) is 0.822. The molecule has 1 N–H and O–H groups in total. The number of carbonyl (C=O) groups is 2. The van der Waals surface area contributed by atoms with Gasteiger partial charge in [0.2, 0.25) is 11.8 Å². The Labute approximate surface area is 183 Å². The van der Waals surface area contributed by atoms with Crippen molar-refractivity contribution in [1.29, 1.82) is 0 Å². The lowest BCUT2D eigenvalue weighted by Gasteiger charge is -2.29. The van der Waals surface area contributed by atoms with E-state index in [0.717, 1.165) is 17.5 Å². The lowest BCUT2D eigenvalue weighted by molar-refractivity contribution is -0.138. The van der Waals surface area contributed by atoms with E-state index in [-0.39, 0.29) is 29.4 Å². The highest BCUT2D eigenvalue weighted by Gasteiger charge is 2.26. The highest BCUT2D eigenvalue weighted by Crippen LogP contribution is 2.18. The SMILES string of the molecule is CC[C@H](C)NC(=O)[C@@H](C)N(Cc1ccc(C)cc1)C(=O)CSCc1ccccc1F. The van der Waals surface area contributed by atoms with Crippen LogP contribution in [0, 0.1) is 12.7 Å². The number of thioether (sulfide) groups is 1. The Hall–Kier alpha value is -2.34. The average molecular weight is 431 g/mol. The van der Waals surface area contributed by atoms with Crippen molar-refractivity contribution in [3.05, 3.63) is 71.0 Å². The van der Waals surface area contributed by atoms with Crippen LogP contribution in [0.3, 0.4) is 0 Å². The van der Waals surface area contributed by atoms with Gasteiger partial charge < -0.3 is 10.2 Å². The average Bonchev–Trinajstić information content (AvgIpc) is 2.73. The number of halogens is 1. The molecule has 4 nitrogen and oxygen atoms in total. The molecule has 30 heavy (non-hydrogen) atoms. The number of nitrogens with one attached hydrogen (secondary N) is 1. The smallest absolute Gasteiger partial charge is 0.242 e. The van der Waals surface area contributed by atoms with Crippen LogP contribution in [0.5, 0.6) is 0 Å². The van der Waals surface area contributed by atoms with Gasteiger partial charge in [0.05, 0.1) is 5.75 Å². The maximum absolute atomic E-state index is 13.8. The highest BCUT2D eigenvalue weighted by atomic mass is 32.2. The quantitative estimate of drug-likeness (QED) is 0.594. The predicted octanol–water partition coefficient (Wildman–Crippen LogP) is 4.70. The van der Waals surface area contributed by atoms with Gasteiger partial charge in [-0.05, 0) is 44.4 Å². The van der Waals surface area contributed by atoms with Crippen molar-refractivity contribution in [2.24, 2.45) is 0 Å². The first-order chi connectivity index (χ1) is 14.3. The molecule has 0 aliphatic rings. The largest absolute Gasteiger partial charge is 0.352 e. The van der Waals surface area contributed by atoms with Crippen LogP contribution in [-0.4, -0.2) is 34.6 Å². The van der Waals surface area contributed by atoms with Crippen LogP contribution in [0.4, 0.5) is 4.39 Å². The Morgan fingerprint density at radius 1 is 1.10 bits per heavy atom. The Morgan fingerprint density at radius 3 is 2.40 bits per heavy atom. The number of carbonyl (C=O) groups excluding carboxylic acids is 2. The van der Waals surface area contributed by atoms with Crippen LogP contribution in [-0.2, 0) is 21.9 Å². The minimum Gasteiger partial charge on any atom is -0.352 e. The van der Waals surface area contributed by atoms with E-state index in [4.69, 9.17) is 0 Å². The molecule has 0 saturated carbocycles. The van der Waals surface area contributed by atoms with Crippen molar-refractivity contribution in [3.63, 3.8) is 0 Å². The Morgan fingerprint density at radius 2 is 1.77 bits per heavy atom. The lowest BCUT2D eigenvalue weighted by Crippen LogP contribution is -2.50. The molecule has 0 radical (unpaired) electrons. The molecule has 0 bridgehead atoms. The van der Waals surface area contributed by atoms with E-state index in [0.29, 0.717) is 17.9 Å². The van der Waals surface area contributed by atoms with Gasteiger partial charge in [0.25, 0.3) is 0 Å². The van der Waals surface area contributed by atoms with Gasteiger partial charge in [-0.3, -0.25) is 9.59 Å². The summed E-state index contributed by atoms with van der Waals surface area (Å²) >= 11 is 1.35. The van der Waals surface area contributed by atoms with E-state index in [1.54, 1.807) is 30.0 Å². The molecule has 2 aromatic carbocycles. The van der Waals surface area contributed by atoms with Gasteiger partial charge >= 0.3 is 0 Å². The summed E-state index contributed by atoms with van der Waals surface area (Å²) in [7, 11) is 0. The topological polar surface area (TPSA) is 49.4 Å². The summed E-state index contributed by atoms with van der Waals surface area (Å²) in [5.41, 5.74) is 2.68. The lowest BCUT2D eigenvalue weighted by atomic mass is 10.1. The summed E-state index contributed by atoms with van der Waals surface area (Å²) in [5.74, 6) is 0.0219. The van der Waals surface area contributed by atoms with E-state index in [2.05, 4.69) is 5.32 Å². The van der Waals surface area contributed by atoms with E-state index in [1.165, 1.54) is 17.8 Å². The second kappa shape index (κ2) is 11.7. The van der Waals surface area contributed by atoms with Crippen molar-refractivity contribution in [2.45, 2.75) is 58.5 Å². The van der Waals surface area contributed by atoms with Crippen LogP contribution in [0.1, 0.15) is 43.9 Å². The van der Waals surface area contributed by atoms with Crippen molar-refractivity contribution in [1.82, 2.24) is 10.2 Å². The number of hydrogen-bond donors (Lipinski definition) is 1. The van der Waals surface area contributed by atoms with E-state index < -0.39 is 6.04 Å². The molecule has 0 aromatic heterocycles. The van der Waals surface area contributed by atoms with Crippen molar-refractivity contribution >= 4 is 23.6 Å². The highest BCUT2D eigenvalue weighted by molar-refractivity contribution is 7.99. The molecule has 0 heterocycles. The zero-order chi connectivity index (χ0) is 22.1. The van der Waals surface area contributed by atoms with Gasteiger partial charge in [-0.25, -0.2) is 4.39 Å². The maximum atomic E-state index is 13.8. The fraction of sp³-hybridized carbons (Fsp3) is 0.417. The molecule has 0 fully saturated rings. The fourth-order valence-electron chi connectivity index (χ4n) is 2.88.